The van der Waals surface area contributed by atoms with Crippen molar-refractivity contribution in [2.24, 2.45) is 11.1 Å². The molecule has 3 heterocycles. The first-order chi connectivity index (χ1) is 22.5. The first-order valence-corrected chi connectivity index (χ1v) is 17.4. The summed E-state index contributed by atoms with van der Waals surface area (Å²) in [6, 6.07) is 18.1. The molecular formula is C31H26N4O9S3. The highest BCUT2D eigenvalue weighted by molar-refractivity contribution is 8.00. The number of benzene rings is 3. The fourth-order valence-electron chi connectivity index (χ4n) is 5.50. The number of nitrogens with zero attached hydrogens (tertiary/aromatic N) is 1. The van der Waals surface area contributed by atoms with Crippen LogP contribution in [-0.4, -0.2) is 55.6 Å². The molecule has 1 aromatic heterocycles. The second-order valence-electron chi connectivity index (χ2n) is 10.5. The Morgan fingerprint density at radius 2 is 1.68 bits per heavy atom. The lowest BCUT2D eigenvalue weighted by Crippen LogP contribution is -2.32. The summed E-state index contributed by atoms with van der Waals surface area (Å²) in [7, 11) is -3.89. The van der Waals surface area contributed by atoms with Gasteiger partial charge in [-0.2, -0.15) is 0 Å². The van der Waals surface area contributed by atoms with Gasteiger partial charge in [0.1, 0.15) is 11.0 Å². The Morgan fingerprint density at radius 1 is 0.979 bits per heavy atom. The Balaban J connectivity index is 1.27. The molecule has 2 aliphatic heterocycles. The Kier molecular flexibility index (Phi) is 8.76. The SMILES string of the molecule is CCOC(=O)c1ccc(N2C(=O)C3Sc4[nH]c(=O)sc4C(c4ccccc4OCC(=O)Nc4ccc(S(N)(=O)=O)cc4)C3C2=O)cc1. The number of sulfonamides is 1. The van der Waals surface area contributed by atoms with Crippen LogP contribution < -0.4 is 25.0 Å². The molecule has 13 nitrogen and oxygen atoms in total. The van der Waals surface area contributed by atoms with Crippen LogP contribution in [0.4, 0.5) is 11.4 Å². The van der Waals surface area contributed by atoms with E-state index in [4.69, 9.17) is 14.6 Å². The van der Waals surface area contributed by atoms with Gasteiger partial charge >= 0.3 is 10.8 Å². The summed E-state index contributed by atoms with van der Waals surface area (Å²) in [5.41, 5.74) is 1.38. The van der Waals surface area contributed by atoms with Crippen molar-refractivity contribution < 1.29 is 37.1 Å². The number of aromatic nitrogens is 1. The maximum atomic E-state index is 14.1. The number of fused-ring (bicyclic) bond motifs is 2. The molecule has 3 amide bonds. The fraction of sp³-hybridized carbons (Fsp3) is 0.194. The minimum atomic E-state index is -3.89. The van der Waals surface area contributed by atoms with E-state index in [0.29, 0.717) is 21.2 Å². The molecule has 2 aliphatic rings. The summed E-state index contributed by atoms with van der Waals surface area (Å²) in [6.07, 6.45) is 0. The van der Waals surface area contributed by atoms with E-state index in [1.165, 1.54) is 48.5 Å². The van der Waals surface area contributed by atoms with Gasteiger partial charge in [-0.25, -0.2) is 23.3 Å². The van der Waals surface area contributed by atoms with Crippen LogP contribution in [0.15, 0.2) is 87.5 Å². The molecule has 3 atom stereocenters. The van der Waals surface area contributed by atoms with Gasteiger partial charge in [-0.1, -0.05) is 41.3 Å². The number of thiazole rings is 1. The molecule has 4 aromatic rings. The van der Waals surface area contributed by atoms with E-state index in [-0.39, 0.29) is 33.4 Å². The lowest BCUT2D eigenvalue weighted by Gasteiger charge is -2.30. The zero-order valence-electron chi connectivity index (χ0n) is 24.5. The first-order valence-electron chi connectivity index (χ1n) is 14.2. The molecular weight excluding hydrogens is 669 g/mol. The van der Waals surface area contributed by atoms with Gasteiger partial charge in [-0.3, -0.25) is 19.2 Å². The number of imide groups is 1. The third-order valence-corrected chi connectivity index (χ3v) is 10.9. The fourth-order valence-corrected chi connectivity index (χ4v) is 8.53. The number of esters is 1. The highest BCUT2D eigenvalue weighted by Gasteiger charge is 2.56. The second kappa shape index (κ2) is 12.8. The third kappa shape index (κ3) is 6.32. The second-order valence-corrected chi connectivity index (χ2v) is 14.2. The number of carbonyl (C=O) groups is 4. The van der Waals surface area contributed by atoms with E-state index in [1.807, 2.05) is 0 Å². The van der Waals surface area contributed by atoms with Crippen LogP contribution in [0.1, 0.15) is 33.6 Å². The van der Waals surface area contributed by atoms with Crippen molar-refractivity contribution in [1.29, 1.82) is 0 Å². The standard InChI is InChI=1S/C31H26N4O9S3/c1-2-43-30(39)16-7-11-18(12-8-16)35-28(37)24-23(25-27(34-31(40)46-25)45-26(24)29(35)38)20-5-3-4-6-21(20)44-15-22(36)33-17-9-13-19(14-10-17)47(32,41)42/h3-14,23-24,26H,2,15H2,1H3,(H,33,36)(H,34,40)(H2,32,41,42). The van der Waals surface area contributed by atoms with Gasteiger partial charge in [-0.15, -0.1) is 0 Å². The van der Waals surface area contributed by atoms with Crippen molar-refractivity contribution in [1.82, 2.24) is 4.98 Å². The minimum Gasteiger partial charge on any atom is -0.483 e. The monoisotopic (exact) mass is 694 g/mol. The molecule has 3 aromatic carbocycles. The number of ether oxygens (including phenoxy) is 2. The number of primary sulfonamides is 1. The largest absolute Gasteiger partial charge is 0.483 e. The predicted molar refractivity (Wildman–Crippen MR) is 173 cm³/mol. The number of para-hydroxylation sites is 1. The lowest BCUT2D eigenvalue weighted by molar-refractivity contribution is -0.122. The van der Waals surface area contributed by atoms with Crippen LogP contribution in [0.5, 0.6) is 5.75 Å². The van der Waals surface area contributed by atoms with Crippen molar-refractivity contribution in [2.45, 2.75) is 28.0 Å². The molecule has 0 aliphatic carbocycles. The summed E-state index contributed by atoms with van der Waals surface area (Å²) in [4.78, 5) is 69.3. The highest BCUT2D eigenvalue weighted by atomic mass is 32.2. The van der Waals surface area contributed by atoms with E-state index in [2.05, 4.69) is 10.3 Å². The minimum absolute atomic E-state index is 0.108. The number of aromatic amines is 1. The van der Waals surface area contributed by atoms with Crippen molar-refractivity contribution in [3.8, 4) is 5.75 Å². The van der Waals surface area contributed by atoms with E-state index in [1.54, 1.807) is 31.2 Å². The Labute approximate surface area is 276 Å². The molecule has 0 bridgehead atoms. The smallest absolute Gasteiger partial charge is 0.338 e. The number of thioether (sulfide) groups is 1. The number of nitrogens with two attached hydrogens (primary N) is 1. The van der Waals surface area contributed by atoms with E-state index < -0.39 is 57.4 Å². The molecule has 242 valence electrons. The number of hydrogen-bond acceptors (Lipinski definition) is 11. The summed E-state index contributed by atoms with van der Waals surface area (Å²) in [5.74, 6) is -3.42. The van der Waals surface area contributed by atoms with Gasteiger partial charge in [0.2, 0.25) is 21.8 Å². The highest BCUT2D eigenvalue weighted by Crippen LogP contribution is 2.54. The normalized spacial score (nSPS) is 18.8. The van der Waals surface area contributed by atoms with Crippen LogP contribution in [0, 0.1) is 5.92 Å². The maximum absolute atomic E-state index is 14.1. The predicted octanol–water partition coefficient (Wildman–Crippen LogP) is 3.07. The number of anilines is 2. The van der Waals surface area contributed by atoms with Gasteiger partial charge in [0, 0.05) is 22.0 Å². The number of rotatable bonds is 9. The molecule has 47 heavy (non-hydrogen) atoms. The number of hydrogen-bond donors (Lipinski definition) is 3. The lowest BCUT2D eigenvalue weighted by atomic mass is 9.82. The van der Waals surface area contributed by atoms with Gasteiger partial charge in [0.05, 0.1) is 33.7 Å². The summed E-state index contributed by atoms with van der Waals surface area (Å²) >= 11 is 2.06. The molecule has 1 fully saturated rings. The van der Waals surface area contributed by atoms with Crippen LogP contribution in [-0.2, 0) is 29.1 Å². The van der Waals surface area contributed by atoms with E-state index in [9.17, 15) is 32.4 Å². The third-order valence-electron chi connectivity index (χ3n) is 7.54. The molecule has 4 N–H and O–H groups in total. The molecule has 0 saturated carbocycles. The first kappa shape index (κ1) is 32.2. The molecule has 1 saturated heterocycles. The maximum Gasteiger partial charge on any atom is 0.338 e. The van der Waals surface area contributed by atoms with Crippen LogP contribution in [0.2, 0.25) is 0 Å². The molecule has 6 rings (SSSR count). The summed E-state index contributed by atoms with van der Waals surface area (Å²) < 4.78 is 34.0. The molecule has 0 radical (unpaired) electrons. The van der Waals surface area contributed by atoms with Crippen molar-refractivity contribution >= 4 is 68.2 Å². The van der Waals surface area contributed by atoms with Crippen LogP contribution in [0.3, 0.4) is 0 Å². The summed E-state index contributed by atoms with van der Waals surface area (Å²) in [6.45, 7) is 1.45. The molecule has 16 heteroatoms. The zero-order chi connectivity index (χ0) is 33.5. The molecule has 3 unspecified atom stereocenters. The van der Waals surface area contributed by atoms with Crippen LogP contribution >= 0.6 is 23.1 Å². The Hall–Kier alpha value is -4.77. The Bertz CT molecular complexity index is 2060. The van der Waals surface area contributed by atoms with Crippen molar-refractivity contribution in [3.63, 3.8) is 0 Å². The number of nitrogens with one attached hydrogen (secondary N) is 2. The summed E-state index contributed by atoms with van der Waals surface area (Å²) in [5, 5.41) is 7.35. The van der Waals surface area contributed by atoms with Crippen LogP contribution in [0.25, 0.3) is 0 Å². The zero-order valence-corrected chi connectivity index (χ0v) is 26.9. The quantitative estimate of drug-likeness (QED) is 0.173. The van der Waals surface area contributed by atoms with Crippen molar-refractivity contribution in [3.05, 3.63) is 98.5 Å². The average molecular weight is 695 g/mol. The van der Waals surface area contributed by atoms with Gasteiger partial charge in [0.15, 0.2) is 6.61 Å². The number of carbonyl (C=O) groups excluding carboxylic acids is 4. The Morgan fingerprint density at radius 3 is 2.36 bits per heavy atom. The van der Waals surface area contributed by atoms with E-state index in [0.717, 1.165) is 28.0 Å². The molecule has 0 spiro atoms. The topological polar surface area (TPSA) is 195 Å². The van der Waals surface area contributed by atoms with Crippen molar-refractivity contribution in [2.75, 3.05) is 23.4 Å². The van der Waals surface area contributed by atoms with Gasteiger partial charge in [-0.05, 0) is 61.5 Å². The number of H-pyrrole nitrogens is 1. The van der Waals surface area contributed by atoms with Gasteiger partial charge in [0.25, 0.3) is 5.91 Å². The van der Waals surface area contributed by atoms with E-state index >= 15 is 0 Å². The van der Waals surface area contributed by atoms with Gasteiger partial charge < -0.3 is 19.8 Å². The number of amides is 3. The average Bonchev–Trinajstić information content (AvgIpc) is 3.54.